The van der Waals surface area contributed by atoms with Gasteiger partial charge in [0.25, 0.3) is 0 Å². The van der Waals surface area contributed by atoms with E-state index >= 15 is 0 Å². The van der Waals surface area contributed by atoms with Gasteiger partial charge in [0.15, 0.2) is 19.7 Å². The highest BCUT2D eigenvalue weighted by Gasteiger charge is 2.06. The Morgan fingerprint density at radius 1 is 0.647 bits per heavy atom. The molecule has 3 aromatic carbocycles. The lowest BCUT2D eigenvalue weighted by molar-refractivity contribution is 0.281. The molecule has 0 aromatic heterocycles. The fourth-order valence-corrected chi connectivity index (χ4v) is 4.44. The number of rotatable bonds is 6. The molecule has 0 aliphatic heterocycles. The predicted octanol–water partition coefficient (Wildman–Crippen LogP) is 4.47. The lowest BCUT2D eigenvalue weighted by Crippen LogP contribution is -1.96. The van der Waals surface area contributed by atoms with Crippen LogP contribution in [0.15, 0.2) is 87.5 Å². The summed E-state index contributed by atoms with van der Waals surface area (Å²) < 4.78 is 44.0. The van der Waals surface area contributed by atoms with E-state index in [1.165, 1.54) is 23.3 Å². The molecule has 0 radical (unpaired) electrons. The first-order valence-electron chi connectivity index (χ1n) is 9.93. The zero-order valence-electron chi connectivity index (χ0n) is 19.2. The van der Waals surface area contributed by atoms with Crippen LogP contribution in [0.5, 0.6) is 0 Å². The maximum absolute atomic E-state index is 11.0. The number of hydrogen-bond acceptors (Lipinski definition) is 7. The van der Waals surface area contributed by atoms with Crippen LogP contribution in [-0.2, 0) is 38.2 Å². The molecular weight excluding hydrogens is 560 g/mol. The highest BCUT2D eigenvalue weighted by Crippen LogP contribution is 2.14. The third-order valence-corrected chi connectivity index (χ3v) is 8.03. The summed E-state index contributed by atoms with van der Waals surface area (Å²) in [5, 5.41) is 18.1. The van der Waals surface area contributed by atoms with Gasteiger partial charge in [-0.3, -0.25) is 0 Å². The number of aliphatic hydroxyl groups excluding tert-OH is 2. The molecule has 3 aromatic rings. The van der Waals surface area contributed by atoms with Gasteiger partial charge in [-0.15, -0.1) is 11.8 Å². The molecule has 0 spiro atoms. The van der Waals surface area contributed by atoms with E-state index in [0.717, 1.165) is 22.7 Å². The van der Waals surface area contributed by atoms with Crippen LogP contribution in [0.2, 0.25) is 0 Å². The summed E-state index contributed by atoms with van der Waals surface area (Å²) in [6.07, 6.45) is 4.39. The summed E-state index contributed by atoms with van der Waals surface area (Å²) in [6.45, 7) is 0.0682. The van der Waals surface area contributed by atoms with Gasteiger partial charge in [-0.05, 0) is 59.3 Å². The Hall–Kier alpha value is -1.69. The van der Waals surface area contributed by atoms with E-state index in [2.05, 4.69) is 15.9 Å². The number of sulfone groups is 2. The summed E-state index contributed by atoms with van der Waals surface area (Å²) in [6, 6.07) is 20.9. The molecule has 6 nitrogen and oxygen atoms in total. The Bertz CT molecular complexity index is 1110. The molecule has 0 saturated carbocycles. The maximum atomic E-state index is 11.0. The standard InChI is InChI=1S/C8H9BrO2S.C8H10O3S.C8H10OS/c2*1-12(10,11)8-4-2-7(6-9)3-5-8;1-10-8-4-2-7(6-9)3-5-8/h2-5H,6H2,1H3;2-5,9H,6H2,1H3;2-5,9H,6H2,1H3. The summed E-state index contributed by atoms with van der Waals surface area (Å²) in [5.74, 6) is 0. The van der Waals surface area contributed by atoms with Gasteiger partial charge in [0.2, 0.25) is 0 Å². The molecule has 3 rings (SSSR count). The van der Waals surface area contributed by atoms with E-state index in [0.29, 0.717) is 10.5 Å². The van der Waals surface area contributed by atoms with Gasteiger partial charge < -0.3 is 10.2 Å². The molecule has 0 bridgehead atoms. The lowest BCUT2D eigenvalue weighted by atomic mass is 10.2. The van der Waals surface area contributed by atoms with Gasteiger partial charge in [0.05, 0.1) is 23.0 Å². The molecule has 0 fully saturated rings. The van der Waals surface area contributed by atoms with Crippen LogP contribution < -0.4 is 0 Å². The molecule has 0 aliphatic rings. The van der Waals surface area contributed by atoms with Crippen LogP contribution in [0.1, 0.15) is 16.7 Å². The minimum atomic E-state index is -3.11. The first-order valence-corrected chi connectivity index (χ1v) is 16.1. The fraction of sp³-hybridized carbons (Fsp3) is 0.250. The van der Waals surface area contributed by atoms with Crippen LogP contribution in [-0.4, -0.2) is 45.8 Å². The molecule has 2 N–H and O–H groups in total. The van der Waals surface area contributed by atoms with Crippen molar-refractivity contribution in [1.82, 2.24) is 0 Å². The Morgan fingerprint density at radius 3 is 1.24 bits per heavy atom. The van der Waals surface area contributed by atoms with E-state index < -0.39 is 19.7 Å². The SMILES string of the molecule is CS(=O)(=O)c1ccc(CBr)cc1.CS(=O)(=O)c1ccc(CO)cc1.CSc1ccc(CO)cc1. The highest BCUT2D eigenvalue weighted by atomic mass is 79.9. The van der Waals surface area contributed by atoms with E-state index in [1.807, 2.05) is 30.5 Å². The third kappa shape index (κ3) is 11.2. The first kappa shape index (κ1) is 30.3. The quantitative estimate of drug-likeness (QED) is 0.323. The van der Waals surface area contributed by atoms with Crippen molar-refractivity contribution in [2.45, 2.75) is 33.2 Å². The molecule has 0 aliphatic carbocycles. The first-order chi connectivity index (χ1) is 15.9. The number of alkyl halides is 1. The lowest BCUT2D eigenvalue weighted by Gasteiger charge is -1.98. The Balaban J connectivity index is 0.000000256. The second-order valence-electron chi connectivity index (χ2n) is 7.13. The molecule has 0 heterocycles. The molecule has 0 saturated heterocycles. The van der Waals surface area contributed by atoms with Crippen molar-refractivity contribution in [3.8, 4) is 0 Å². The van der Waals surface area contributed by atoms with Gasteiger partial charge in [0.1, 0.15) is 0 Å². The smallest absolute Gasteiger partial charge is 0.175 e. The maximum Gasteiger partial charge on any atom is 0.175 e. The molecule has 0 amide bonds. The summed E-state index contributed by atoms with van der Waals surface area (Å²) in [7, 11) is -6.15. The average Bonchev–Trinajstić information content (AvgIpc) is 2.84. The number of hydrogen-bond donors (Lipinski definition) is 2. The molecule has 10 heteroatoms. The van der Waals surface area contributed by atoms with Crippen molar-refractivity contribution in [3.63, 3.8) is 0 Å². The normalized spacial score (nSPS) is 11.0. The van der Waals surface area contributed by atoms with E-state index in [4.69, 9.17) is 10.2 Å². The van der Waals surface area contributed by atoms with Gasteiger partial charge in [0, 0.05) is 22.7 Å². The molecule has 0 atom stereocenters. The second-order valence-corrected chi connectivity index (χ2v) is 12.6. The Labute approximate surface area is 215 Å². The van der Waals surface area contributed by atoms with Crippen molar-refractivity contribution >= 4 is 47.4 Å². The van der Waals surface area contributed by atoms with Crippen molar-refractivity contribution in [3.05, 3.63) is 89.5 Å². The minimum absolute atomic E-state index is 0.0654. The van der Waals surface area contributed by atoms with Crippen molar-refractivity contribution < 1.29 is 27.0 Å². The minimum Gasteiger partial charge on any atom is -0.392 e. The van der Waals surface area contributed by atoms with Gasteiger partial charge in [-0.1, -0.05) is 52.3 Å². The van der Waals surface area contributed by atoms with Gasteiger partial charge in [-0.25, -0.2) is 16.8 Å². The largest absolute Gasteiger partial charge is 0.392 e. The summed E-state index contributed by atoms with van der Waals surface area (Å²) in [4.78, 5) is 1.88. The number of thioether (sulfide) groups is 1. The van der Waals surface area contributed by atoms with Crippen molar-refractivity contribution in [2.75, 3.05) is 18.8 Å². The zero-order chi connectivity index (χ0) is 25.8. The van der Waals surface area contributed by atoms with Gasteiger partial charge in [-0.2, -0.15) is 0 Å². The van der Waals surface area contributed by atoms with Crippen LogP contribution in [0.4, 0.5) is 0 Å². The van der Waals surface area contributed by atoms with Crippen molar-refractivity contribution in [1.29, 1.82) is 0 Å². The van der Waals surface area contributed by atoms with E-state index in [9.17, 15) is 16.8 Å². The van der Waals surface area contributed by atoms with Gasteiger partial charge >= 0.3 is 0 Å². The van der Waals surface area contributed by atoms with Crippen LogP contribution in [0.25, 0.3) is 0 Å². The summed E-state index contributed by atoms with van der Waals surface area (Å²) in [5.41, 5.74) is 2.75. The Kier molecular flexibility index (Phi) is 13.1. The van der Waals surface area contributed by atoms with E-state index in [-0.39, 0.29) is 18.1 Å². The van der Waals surface area contributed by atoms with E-state index in [1.54, 1.807) is 48.2 Å². The van der Waals surface area contributed by atoms with Crippen molar-refractivity contribution in [2.24, 2.45) is 0 Å². The topological polar surface area (TPSA) is 109 Å². The fourth-order valence-electron chi connectivity index (χ4n) is 2.40. The van der Waals surface area contributed by atoms with Crippen LogP contribution in [0.3, 0.4) is 0 Å². The second kappa shape index (κ2) is 14.7. The zero-order valence-corrected chi connectivity index (χ0v) is 23.2. The number of benzene rings is 3. The van der Waals surface area contributed by atoms with Crippen LogP contribution in [0, 0.1) is 0 Å². The highest BCUT2D eigenvalue weighted by molar-refractivity contribution is 9.08. The molecule has 34 heavy (non-hydrogen) atoms. The number of aliphatic hydroxyl groups is 2. The summed E-state index contributed by atoms with van der Waals surface area (Å²) >= 11 is 4.99. The molecule has 186 valence electrons. The predicted molar refractivity (Wildman–Crippen MR) is 142 cm³/mol. The monoisotopic (exact) mass is 588 g/mol. The Morgan fingerprint density at radius 2 is 0.971 bits per heavy atom. The number of halogens is 1. The molecule has 0 unspecified atom stereocenters. The third-order valence-electron chi connectivity index (χ3n) is 4.38. The molecular formula is C24H29BrO6S3. The van der Waals surface area contributed by atoms with Crippen LogP contribution >= 0.6 is 27.7 Å². The average molecular weight is 590 g/mol.